The molecule has 5 rings (SSSR count). The van der Waals surface area contributed by atoms with Crippen LogP contribution in [0.5, 0.6) is 11.5 Å². The van der Waals surface area contributed by atoms with E-state index in [1.807, 2.05) is 49.4 Å². The van der Waals surface area contributed by atoms with Gasteiger partial charge >= 0.3 is 5.97 Å². The number of aliphatic hydroxyl groups is 1. The van der Waals surface area contributed by atoms with Crippen LogP contribution in [-0.4, -0.2) is 53.1 Å². The summed E-state index contributed by atoms with van der Waals surface area (Å²) < 4.78 is 13.0. The highest BCUT2D eigenvalue weighted by Gasteiger charge is 2.20. The summed E-state index contributed by atoms with van der Waals surface area (Å²) in [6.45, 7) is 3.23. The van der Waals surface area contributed by atoms with Crippen molar-refractivity contribution < 1.29 is 24.5 Å². The molecule has 36 heavy (non-hydrogen) atoms. The molecule has 0 aliphatic carbocycles. The van der Waals surface area contributed by atoms with Crippen molar-refractivity contribution in [2.45, 2.75) is 32.0 Å². The lowest BCUT2D eigenvalue weighted by Crippen LogP contribution is -2.39. The highest BCUT2D eigenvalue weighted by atomic mass is 32.1. The fourth-order valence-electron chi connectivity index (χ4n) is 4.35. The molecule has 1 aliphatic rings. The van der Waals surface area contributed by atoms with Crippen molar-refractivity contribution in [3.8, 4) is 22.6 Å². The van der Waals surface area contributed by atoms with E-state index in [9.17, 15) is 9.90 Å². The number of aryl methyl sites for hydroxylation is 2. The van der Waals surface area contributed by atoms with Gasteiger partial charge in [-0.05, 0) is 72.9 Å². The highest BCUT2D eigenvalue weighted by molar-refractivity contribution is 7.18. The van der Waals surface area contributed by atoms with E-state index in [1.165, 1.54) is 0 Å². The second-order valence-electron chi connectivity index (χ2n) is 8.97. The van der Waals surface area contributed by atoms with Crippen molar-refractivity contribution in [2.75, 3.05) is 19.7 Å². The van der Waals surface area contributed by atoms with Gasteiger partial charge in [0.25, 0.3) is 0 Å². The number of nitrogens with zero attached hydrogens (tertiary/aromatic N) is 1. The van der Waals surface area contributed by atoms with Gasteiger partial charge in [0.15, 0.2) is 0 Å². The Kier molecular flexibility index (Phi) is 7.18. The molecular weight excluding hydrogens is 476 g/mol. The molecule has 0 fully saturated rings. The summed E-state index contributed by atoms with van der Waals surface area (Å²) in [5.41, 5.74) is 4.36. The maximum atomic E-state index is 11.1. The summed E-state index contributed by atoms with van der Waals surface area (Å²) in [6, 6.07) is 18.8. The average Bonchev–Trinajstić information content (AvgIpc) is 3.26. The normalized spacial score (nSPS) is 15.8. The van der Waals surface area contributed by atoms with E-state index in [0.29, 0.717) is 18.8 Å². The van der Waals surface area contributed by atoms with Gasteiger partial charge < -0.3 is 25.0 Å². The number of carbonyl (C=O) groups is 1. The first-order valence-corrected chi connectivity index (χ1v) is 12.8. The lowest BCUT2D eigenvalue weighted by molar-refractivity contribution is 0.0697. The summed E-state index contributed by atoms with van der Waals surface area (Å²) in [4.78, 5) is 15.5. The van der Waals surface area contributed by atoms with Crippen LogP contribution in [0.1, 0.15) is 27.3 Å². The number of aliphatic hydroxyl groups excluding tert-OH is 1. The number of fused-ring (bicyclic) bond motifs is 2. The van der Waals surface area contributed by atoms with E-state index in [1.54, 1.807) is 23.5 Å². The minimum absolute atomic E-state index is 0.0293. The van der Waals surface area contributed by atoms with E-state index in [0.717, 1.165) is 50.5 Å². The number of hydrogen-bond acceptors (Lipinski definition) is 7. The number of thiazole rings is 1. The Balaban J connectivity index is 1.08. The smallest absolute Gasteiger partial charge is 0.335 e. The number of carboxylic acid groups (broad SMARTS) is 1. The van der Waals surface area contributed by atoms with Gasteiger partial charge in [0.2, 0.25) is 0 Å². The number of aromatic nitrogens is 1. The Morgan fingerprint density at radius 2 is 1.97 bits per heavy atom. The highest BCUT2D eigenvalue weighted by Crippen LogP contribution is 2.32. The lowest BCUT2D eigenvalue weighted by atomic mass is 9.96. The molecular formula is C28H28N2O5S. The predicted molar refractivity (Wildman–Crippen MR) is 140 cm³/mol. The minimum Gasteiger partial charge on any atom is -0.491 e. The van der Waals surface area contributed by atoms with E-state index in [4.69, 9.17) is 14.6 Å². The molecule has 0 unspecified atom stereocenters. The number of benzene rings is 3. The monoisotopic (exact) mass is 504 g/mol. The molecule has 186 valence electrons. The second kappa shape index (κ2) is 10.7. The average molecular weight is 505 g/mol. The third-order valence-corrected chi connectivity index (χ3v) is 7.17. The Bertz CT molecular complexity index is 1370. The molecule has 2 atom stereocenters. The molecule has 7 nitrogen and oxygen atoms in total. The quantitative estimate of drug-likeness (QED) is 0.304. The summed E-state index contributed by atoms with van der Waals surface area (Å²) >= 11 is 1.65. The summed E-state index contributed by atoms with van der Waals surface area (Å²) in [5, 5.41) is 23.7. The largest absolute Gasteiger partial charge is 0.491 e. The molecule has 1 aromatic heterocycles. The van der Waals surface area contributed by atoms with Crippen molar-refractivity contribution in [3.63, 3.8) is 0 Å². The maximum absolute atomic E-state index is 11.1. The minimum atomic E-state index is -0.927. The second-order valence-corrected chi connectivity index (χ2v) is 10.2. The van der Waals surface area contributed by atoms with Gasteiger partial charge in [0.1, 0.15) is 30.3 Å². The third-order valence-electron chi connectivity index (χ3n) is 6.22. The molecule has 1 aliphatic heterocycles. The van der Waals surface area contributed by atoms with Crippen LogP contribution < -0.4 is 14.8 Å². The Labute approximate surface area is 213 Å². The van der Waals surface area contributed by atoms with Crippen molar-refractivity contribution >= 4 is 27.5 Å². The molecule has 2 heterocycles. The SMILES string of the molecule is Cc1nc2cc(OC[C@@H](O)CNC[C@H]3CCc4cc(-c5ccc(C(=O)O)cc5)ccc4O3)ccc2s1. The van der Waals surface area contributed by atoms with E-state index < -0.39 is 12.1 Å². The Hall–Kier alpha value is -3.46. The van der Waals surface area contributed by atoms with Crippen LogP contribution in [0.4, 0.5) is 0 Å². The van der Waals surface area contributed by atoms with Gasteiger partial charge in [-0.25, -0.2) is 9.78 Å². The summed E-state index contributed by atoms with van der Waals surface area (Å²) in [6.07, 6.45) is 1.17. The standard InChI is InChI=1S/C28H28N2O5S/c1-17-30-25-13-23(9-11-27(25)36-17)34-16-22(31)14-29-15-24-8-6-21-12-20(7-10-26(21)35-24)18-2-4-19(5-3-18)28(32)33/h2-5,7,9-13,22,24,29,31H,6,8,14-16H2,1H3,(H,32,33)/t22-,24+/m0/s1. The van der Waals surface area contributed by atoms with Gasteiger partial charge in [-0.15, -0.1) is 11.3 Å². The molecule has 0 amide bonds. The van der Waals surface area contributed by atoms with E-state index >= 15 is 0 Å². The van der Waals surface area contributed by atoms with Crippen LogP contribution in [0.15, 0.2) is 60.7 Å². The van der Waals surface area contributed by atoms with Crippen molar-refractivity contribution in [3.05, 3.63) is 76.8 Å². The first-order valence-electron chi connectivity index (χ1n) is 12.0. The van der Waals surface area contributed by atoms with Crippen molar-refractivity contribution in [1.29, 1.82) is 0 Å². The van der Waals surface area contributed by atoms with Gasteiger partial charge in [0, 0.05) is 19.2 Å². The van der Waals surface area contributed by atoms with Gasteiger partial charge in [0.05, 0.1) is 20.8 Å². The first kappa shape index (κ1) is 24.2. The summed E-state index contributed by atoms with van der Waals surface area (Å²) in [7, 11) is 0. The lowest BCUT2D eigenvalue weighted by Gasteiger charge is -2.27. The van der Waals surface area contributed by atoms with Crippen LogP contribution in [-0.2, 0) is 6.42 Å². The van der Waals surface area contributed by atoms with E-state index in [-0.39, 0.29) is 18.3 Å². The zero-order valence-corrected chi connectivity index (χ0v) is 20.8. The van der Waals surface area contributed by atoms with Crippen LogP contribution in [0.2, 0.25) is 0 Å². The maximum Gasteiger partial charge on any atom is 0.335 e. The van der Waals surface area contributed by atoms with Crippen molar-refractivity contribution in [2.24, 2.45) is 0 Å². The summed E-state index contributed by atoms with van der Waals surface area (Å²) in [5.74, 6) is 0.649. The predicted octanol–water partition coefficient (Wildman–Crippen LogP) is 4.69. The number of carboxylic acids is 1. The van der Waals surface area contributed by atoms with E-state index in [2.05, 4.69) is 16.4 Å². The molecule has 3 N–H and O–H groups in total. The van der Waals surface area contributed by atoms with Gasteiger partial charge in [-0.3, -0.25) is 0 Å². The topological polar surface area (TPSA) is 101 Å². The fourth-order valence-corrected chi connectivity index (χ4v) is 5.16. The van der Waals surface area contributed by atoms with Crippen LogP contribution >= 0.6 is 11.3 Å². The molecule has 8 heteroatoms. The zero-order chi connectivity index (χ0) is 25.1. The molecule has 0 radical (unpaired) electrons. The number of nitrogens with one attached hydrogen (secondary N) is 1. The number of hydrogen-bond donors (Lipinski definition) is 3. The molecule has 3 aromatic carbocycles. The van der Waals surface area contributed by atoms with Crippen LogP contribution in [0.25, 0.3) is 21.3 Å². The molecule has 0 saturated carbocycles. The Morgan fingerprint density at radius 1 is 1.17 bits per heavy atom. The Morgan fingerprint density at radius 3 is 2.78 bits per heavy atom. The van der Waals surface area contributed by atoms with Crippen LogP contribution in [0.3, 0.4) is 0 Å². The first-order chi connectivity index (χ1) is 17.4. The van der Waals surface area contributed by atoms with Gasteiger partial charge in [-0.1, -0.05) is 18.2 Å². The van der Waals surface area contributed by atoms with Gasteiger partial charge in [-0.2, -0.15) is 0 Å². The number of rotatable bonds is 9. The number of ether oxygens (including phenoxy) is 2. The van der Waals surface area contributed by atoms with Crippen LogP contribution in [0, 0.1) is 6.92 Å². The third kappa shape index (κ3) is 5.67. The van der Waals surface area contributed by atoms with Crippen molar-refractivity contribution in [1.82, 2.24) is 10.3 Å². The molecule has 0 spiro atoms. The molecule has 4 aromatic rings. The molecule has 0 bridgehead atoms. The fraction of sp³-hybridized carbons (Fsp3) is 0.286. The zero-order valence-electron chi connectivity index (χ0n) is 19.9. The molecule has 0 saturated heterocycles. The number of aromatic carboxylic acids is 1.